The molecule has 1 atom stereocenters. The van der Waals surface area contributed by atoms with Gasteiger partial charge in [-0.1, -0.05) is 0 Å². The molecule has 1 aromatic rings. The molecule has 0 saturated heterocycles. The van der Waals surface area contributed by atoms with Crippen molar-refractivity contribution in [1.82, 2.24) is 9.78 Å². The summed E-state index contributed by atoms with van der Waals surface area (Å²) in [5.41, 5.74) is 0. The predicted octanol–water partition coefficient (Wildman–Crippen LogP) is -0.0305. The first-order chi connectivity index (χ1) is 4.68. The highest BCUT2D eigenvalue weighted by molar-refractivity contribution is 5.08. The van der Waals surface area contributed by atoms with Crippen molar-refractivity contribution in [2.45, 2.75) is 19.6 Å². The molecule has 56 valence electrons. The molecular formula is C6H10N2O2. The standard InChI is InChI=1S/C6H10N2O2/c1-5(9)3-8-4-6(10)2-7-8/h2,4-5,9-10H,3H2,1H3. The van der Waals surface area contributed by atoms with Gasteiger partial charge < -0.3 is 10.2 Å². The van der Waals surface area contributed by atoms with Gasteiger partial charge in [0.2, 0.25) is 0 Å². The van der Waals surface area contributed by atoms with Crippen molar-refractivity contribution >= 4 is 0 Å². The summed E-state index contributed by atoms with van der Waals surface area (Å²) in [6.45, 7) is 2.08. The van der Waals surface area contributed by atoms with E-state index in [4.69, 9.17) is 10.2 Å². The molecule has 4 nitrogen and oxygen atoms in total. The highest BCUT2D eigenvalue weighted by Gasteiger charge is 1.98. The molecule has 0 bridgehead atoms. The van der Waals surface area contributed by atoms with E-state index in [2.05, 4.69) is 5.10 Å². The summed E-state index contributed by atoms with van der Waals surface area (Å²) in [5.74, 6) is 0.126. The normalized spacial score (nSPS) is 13.4. The molecule has 0 aromatic carbocycles. The summed E-state index contributed by atoms with van der Waals surface area (Å²) in [4.78, 5) is 0. The molecule has 0 aliphatic rings. The van der Waals surface area contributed by atoms with Gasteiger partial charge in [0.05, 0.1) is 25.0 Å². The third-order valence-corrected chi connectivity index (χ3v) is 1.07. The van der Waals surface area contributed by atoms with E-state index >= 15 is 0 Å². The van der Waals surface area contributed by atoms with E-state index in [1.807, 2.05) is 0 Å². The summed E-state index contributed by atoms with van der Waals surface area (Å²) in [5, 5.41) is 21.4. The zero-order valence-electron chi connectivity index (χ0n) is 5.73. The van der Waals surface area contributed by atoms with Crippen molar-refractivity contribution in [3.63, 3.8) is 0 Å². The molecule has 0 radical (unpaired) electrons. The van der Waals surface area contributed by atoms with Gasteiger partial charge >= 0.3 is 0 Å². The molecule has 2 N–H and O–H groups in total. The van der Waals surface area contributed by atoms with Gasteiger partial charge in [0.15, 0.2) is 5.75 Å². The van der Waals surface area contributed by atoms with Crippen LogP contribution in [0.1, 0.15) is 6.92 Å². The Bertz CT molecular complexity index is 207. The maximum atomic E-state index is 8.87. The van der Waals surface area contributed by atoms with Crippen LogP contribution in [-0.2, 0) is 6.54 Å². The molecular weight excluding hydrogens is 132 g/mol. The summed E-state index contributed by atoms with van der Waals surface area (Å²) in [7, 11) is 0. The molecule has 4 heteroatoms. The van der Waals surface area contributed by atoms with Gasteiger partial charge in [-0.3, -0.25) is 4.68 Å². The second kappa shape index (κ2) is 2.70. The first-order valence-corrected chi connectivity index (χ1v) is 3.08. The largest absolute Gasteiger partial charge is 0.505 e. The Morgan fingerprint density at radius 3 is 2.90 bits per heavy atom. The summed E-state index contributed by atoms with van der Waals surface area (Å²) in [6.07, 6.45) is 2.37. The van der Waals surface area contributed by atoms with Crippen molar-refractivity contribution in [1.29, 1.82) is 0 Å². The van der Waals surface area contributed by atoms with Crippen LogP contribution in [0.4, 0.5) is 0 Å². The predicted molar refractivity (Wildman–Crippen MR) is 35.6 cm³/mol. The van der Waals surface area contributed by atoms with Crippen LogP contribution in [0.25, 0.3) is 0 Å². The molecule has 0 aliphatic heterocycles. The van der Waals surface area contributed by atoms with E-state index < -0.39 is 6.10 Å². The molecule has 1 heterocycles. The second-order valence-electron chi connectivity index (χ2n) is 2.27. The minimum Gasteiger partial charge on any atom is -0.505 e. The molecule has 1 aromatic heterocycles. The number of hydrogen-bond acceptors (Lipinski definition) is 3. The quantitative estimate of drug-likeness (QED) is 0.609. The van der Waals surface area contributed by atoms with Crippen LogP contribution >= 0.6 is 0 Å². The van der Waals surface area contributed by atoms with Crippen molar-refractivity contribution < 1.29 is 10.2 Å². The summed E-state index contributed by atoms with van der Waals surface area (Å²) >= 11 is 0. The van der Waals surface area contributed by atoms with E-state index in [1.165, 1.54) is 17.1 Å². The van der Waals surface area contributed by atoms with Gasteiger partial charge in [-0.2, -0.15) is 5.10 Å². The van der Waals surface area contributed by atoms with E-state index in [0.717, 1.165) is 0 Å². The minimum absolute atomic E-state index is 0.126. The molecule has 0 spiro atoms. The van der Waals surface area contributed by atoms with E-state index in [9.17, 15) is 0 Å². The molecule has 1 rings (SSSR count). The average Bonchev–Trinajstić information content (AvgIpc) is 2.13. The molecule has 0 amide bonds. The van der Waals surface area contributed by atoms with Crippen molar-refractivity contribution in [3.05, 3.63) is 12.4 Å². The van der Waals surface area contributed by atoms with Gasteiger partial charge in [0, 0.05) is 0 Å². The number of nitrogens with zero attached hydrogens (tertiary/aromatic N) is 2. The van der Waals surface area contributed by atoms with Crippen molar-refractivity contribution in [2.75, 3.05) is 0 Å². The Hall–Kier alpha value is -1.03. The zero-order valence-corrected chi connectivity index (χ0v) is 5.73. The van der Waals surface area contributed by atoms with Crippen LogP contribution in [-0.4, -0.2) is 26.1 Å². The van der Waals surface area contributed by atoms with Crippen LogP contribution < -0.4 is 0 Å². The first kappa shape index (κ1) is 7.08. The first-order valence-electron chi connectivity index (χ1n) is 3.08. The minimum atomic E-state index is -0.431. The van der Waals surface area contributed by atoms with Crippen LogP contribution in [0.15, 0.2) is 12.4 Å². The highest BCUT2D eigenvalue weighted by atomic mass is 16.3. The third-order valence-electron chi connectivity index (χ3n) is 1.07. The van der Waals surface area contributed by atoms with Crippen LogP contribution in [0.2, 0.25) is 0 Å². The third kappa shape index (κ3) is 1.73. The van der Waals surface area contributed by atoms with Gasteiger partial charge in [0.1, 0.15) is 0 Å². The maximum Gasteiger partial charge on any atom is 0.153 e. The average molecular weight is 142 g/mol. The van der Waals surface area contributed by atoms with Gasteiger partial charge in [0.25, 0.3) is 0 Å². The monoisotopic (exact) mass is 142 g/mol. The Balaban J connectivity index is 2.58. The van der Waals surface area contributed by atoms with Gasteiger partial charge in [-0.25, -0.2) is 0 Å². The number of hydrogen-bond donors (Lipinski definition) is 2. The van der Waals surface area contributed by atoms with E-state index in [1.54, 1.807) is 6.92 Å². The number of aromatic nitrogens is 2. The topological polar surface area (TPSA) is 58.3 Å². The zero-order chi connectivity index (χ0) is 7.56. The molecule has 0 fully saturated rings. The van der Waals surface area contributed by atoms with Crippen molar-refractivity contribution in [3.8, 4) is 5.75 Å². The summed E-state index contributed by atoms with van der Waals surface area (Å²) in [6, 6.07) is 0. The SMILES string of the molecule is CC(O)Cn1cc(O)cn1. The number of aliphatic hydroxyl groups is 1. The van der Waals surface area contributed by atoms with Gasteiger partial charge in [-0.15, -0.1) is 0 Å². The Morgan fingerprint density at radius 2 is 2.50 bits per heavy atom. The lowest BCUT2D eigenvalue weighted by Gasteiger charge is -2.01. The lowest BCUT2D eigenvalue weighted by atomic mass is 10.4. The smallest absolute Gasteiger partial charge is 0.153 e. The lowest BCUT2D eigenvalue weighted by molar-refractivity contribution is 0.168. The maximum absolute atomic E-state index is 8.87. The number of aromatic hydroxyl groups is 1. The highest BCUT2D eigenvalue weighted by Crippen LogP contribution is 2.04. The van der Waals surface area contributed by atoms with E-state index in [-0.39, 0.29) is 5.75 Å². The van der Waals surface area contributed by atoms with Gasteiger partial charge in [-0.05, 0) is 6.92 Å². The second-order valence-corrected chi connectivity index (χ2v) is 2.27. The van der Waals surface area contributed by atoms with Crippen molar-refractivity contribution in [2.24, 2.45) is 0 Å². The fourth-order valence-electron chi connectivity index (χ4n) is 0.723. The molecule has 0 saturated carbocycles. The fraction of sp³-hybridized carbons (Fsp3) is 0.500. The fourth-order valence-corrected chi connectivity index (χ4v) is 0.723. The van der Waals surface area contributed by atoms with E-state index in [0.29, 0.717) is 6.54 Å². The Morgan fingerprint density at radius 1 is 1.80 bits per heavy atom. The molecule has 1 unspecified atom stereocenters. The summed E-state index contributed by atoms with van der Waals surface area (Å²) < 4.78 is 1.49. The Labute approximate surface area is 58.7 Å². The van der Waals surface area contributed by atoms with Crippen LogP contribution in [0.5, 0.6) is 5.75 Å². The molecule has 10 heavy (non-hydrogen) atoms. The van der Waals surface area contributed by atoms with Crippen LogP contribution in [0.3, 0.4) is 0 Å². The lowest BCUT2D eigenvalue weighted by Crippen LogP contribution is -2.11. The Kier molecular flexibility index (Phi) is 1.91. The van der Waals surface area contributed by atoms with Crippen LogP contribution in [0, 0.1) is 0 Å². The number of rotatable bonds is 2. The molecule has 0 aliphatic carbocycles. The number of aliphatic hydroxyl groups excluding tert-OH is 1.